The molecule has 0 aliphatic heterocycles. The van der Waals surface area contributed by atoms with E-state index in [1.54, 1.807) is 96.9 Å². The number of Topliss-reactive ketones (excluding diaryl/α,β-unsaturated/α-hetero) is 1. The summed E-state index contributed by atoms with van der Waals surface area (Å²) in [6.07, 6.45) is 2.84. The summed E-state index contributed by atoms with van der Waals surface area (Å²) in [5.41, 5.74) is 0.917. The number of carboxylic acids is 1. The van der Waals surface area contributed by atoms with E-state index in [1.165, 1.54) is 42.7 Å². The van der Waals surface area contributed by atoms with E-state index in [0.29, 0.717) is 71.7 Å². The molecule has 0 unspecified atom stereocenters. The largest absolute Gasteiger partial charge is 1.00 e. The Morgan fingerprint density at radius 2 is 0.738 bits per heavy atom. The monoisotopic (exact) mass is 1120 g/mol. The van der Waals surface area contributed by atoms with Crippen molar-refractivity contribution in [2.45, 2.75) is 57.3 Å². The Morgan fingerprint density at radius 3 is 1.04 bits per heavy atom. The molecule has 2 aliphatic rings. The number of carboxylic acid groups (broad SMARTS) is 1. The summed E-state index contributed by atoms with van der Waals surface area (Å²) in [4.78, 5) is 58.3. The van der Waals surface area contributed by atoms with Crippen LogP contribution < -0.4 is 76.9 Å². The summed E-state index contributed by atoms with van der Waals surface area (Å²) >= 11 is 0. The van der Waals surface area contributed by atoms with Crippen molar-refractivity contribution < 1.29 is 126 Å². The molecule has 0 bridgehead atoms. The molecule has 0 amide bonds. The molecule has 2 aliphatic carbocycles. The number of ether oxygens (including phenoxy) is 13. The maximum absolute atomic E-state index is 12.1. The Kier molecular flexibility index (Phi) is 30.8. The van der Waals surface area contributed by atoms with Gasteiger partial charge in [-0.15, -0.1) is 0 Å². The molecule has 5 aromatic rings. The third-order valence-corrected chi connectivity index (χ3v) is 12.0. The van der Waals surface area contributed by atoms with Gasteiger partial charge in [-0.05, 0) is 107 Å². The van der Waals surface area contributed by atoms with Crippen LogP contribution in [0.25, 0.3) is 5.57 Å². The molecule has 0 heterocycles. The van der Waals surface area contributed by atoms with Gasteiger partial charge in [0.2, 0.25) is 0 Å². The predicted molar refractivity (Wildman–Crippen MR) is 292 cm³/mol. The summed E-state index contributed by atoms with van der Waals surface area (Å²) in [6.45, 7) is 9.74. The van der Waals surface area contributed by atoms with E-state index in [4.69, 9.17) is 56.8 Å². The van der Waals surface area contributed by atoms with E-state index < -0.39 is 34.5 Å². The second kappa shape index (κ2) is 35.1. The molecular formula is C59H73NaO20. The Balaban J connectivity index is 0.000000502. The van der Waals surface area contributed by atoms with Gasteiger partial charge in [0.05, 0.1) is 113 Å². The van der Waals surface area contributed by atoms with Gasteiger partial charge >= 0.3 is 53.4 Å². The Bertz CT molecular complexity index is 2610. The SMILES string of the molecule is C=C(C(=O)OCC)c1c(OC)cccc1OC.CCOC(=O)C(=O)c1c(OC)cccc1OC.CCOC(=O)C1(c2c(OC)cccc2OC)CC1.COc1cccc(OC)c1.COc1cccc(OC)c1C1(C(=O)O)CC1.[Na+].[OH-]. The number of carbonyl (C=O) groups excluding carboxylic acids is 4. The quantitative estimate of drug-likeness (QED) is 0.0209. The first kappa shape index (κ1) is 70.4. The van der Waals surface area contributed by atoms with Crippen LogP contribution in [0.5, 0.6) is 57.5 Å². The first-order valence-electron chi connectivity index (χ1n) is 24.5. The molecule has 21 heteroatoms. The van der Waals surface area contributed by atoms with E-state index in [-0.39, 0.29) is 70.2 Å². The molecule has 0 spiro atoms. The van der Waals surface area contributed by atoms with Crippen molar-refractivity contribution in [3.8, 4) is 57.5 Å². The van der Waals surface area contributed by atoms with Crippen LogP contribution in [0.1, 0.15) is 73.5 Å². The minimum absolute atomic E-state index is 0. The number of rotatable bonds is 21. The van der Waals surface area contributed by atoms with Crippen molar-refractivity contribution in [3.63, 3.8) is 0 Å². The molecule has 0 radical (unpaired) electrons. The fraction of sp³-hybridized carbons (Fsp3) is 0.373. The third kappa shape index (κ3) is 17.9. The summed E-state index contributed by atoms with van der Waals surface area (Å²) in [6, 6.07) is 28.4. The van der Waals surface area contributed by atoms with Crippen molar-refractivity contribution in [1.29, 1.82) is 0 Å². The maximum atomic E-state index is 12.1. The zero-order chi connectivity index (χ0) is 58.0. The van der Waals surface area contributed by atoms with Gasteiger partial charge in [0.1, 0.15) is 73.9 Å². The molecule has 2 N–H and O–H groups in total. The van der Waals surface area contributed by atoms with Crippen molar-refractivity contribution in [1.82, 2.24) is 0 Å². The van der Waals surface area contributed by atoms with Crippen molar-refractivity contribution in [3.05, 3.63) is 126 Å². The molecule has 0 atom stereocenters. The van der Waals surface area contributed by atoms with Gasteiger partial charge in [-0.1, -0.05) is 36.9 Å². The summed E-state index contributed by atoms with van der Waals surface area (Å²) in [7, 11) is 15.4. The van der Waals surface area contributed by atoms with E-state index in [1.807, 2.05) is 49.4 Å². The second-order valence-electron chi connectivity index (χ2n) is 16.5. The van der Waals surface area contributed by atoms with E-state index in [0.717, 1.165) is 29.9 Å². The average Bonchev–Trinajstić information content (AvgIpc) is 4.44. The second-order valence-corrected chi connectivity index (χ2v) is 16.5. The van der Waals surface area contributed by atoms with E-state index in [2.05, 4.69) is 11.3 Å². The zero-order valence-electron chi connectivity index (χ0n) is 48.1. The van der Waals surface area contributed by atoms with Crippen LogP contribution >= 0.6 is 0 Å². The van der Waals surface area contributed by atoms with Crippen LogP contribution in [0.2, 0.25) is 0 Å². The predicted octanol–water partition coefficient (Wildman–Crippen LogP) is 6.38. The molecule has 20 nitrogen and oxygen atoms in total. The zero-order valence-corrected chi connectivity index (χ0v) is 50.1. The number of esters is 3. The number of hydrogen-bond donors (Lipinski definition) is 1. The normalized spacial score (nSPS) is 12.1. The molecule has 0 aromatic heterocycles. The van der Waals surface area contributed by atoms with Crippen LogP contribution in [-0.2, 0) is 44.2 Å². The van der Waals surface area contributed by atoms with E-state index in [9.17, 15) is 29.1 Å². The van der Waals surface area contributed by atoms with Gasteiger partial charge in [0.25, 0.3) is 5.78 Å². The molecule has 2 saturated carbocycles. The Labute approximate surface area is 490 Å². The topological polar surface area (TPSA) is 256 Å². The minimum Gasteiger partial charge on any atom is -0.870 e. The first-order valence-corrected chi connectivity index (χ1v) is 24.5. The average molecular weight is 1130 g/mol. The summed E-state index contributed by atoms with van der Waals surface area (Å²) in [5.74, 6) is 2.61. The molecule has 430 valence electrons. The van der Waals surface area contributed by atoms with Gasteiger partial charge in [-0.25, -0.2) is 9.59 Å². The molecule has 5 aromatic carbocycles. The summed E-state index contributed by atoms with van der Waals surface area (Å²) in [5, 5.41) is 9.29. The number of ketones is 1. The molecule has 7 rings (SSSR count). The van der Waals surface area contributed by atoms with Crippen molar-refractivity contribution >= 4 is 35.2 Å². The van der Waals surface area contributed by atoms with Gasteiger partial charge in [0.15, 0.2) is 0 Å². The van der Waals surface area contributed by atoms with Gasteiger partial charge in [-0.2, -0.15) is 0 Å². The van der Waals surface area contributed by atoms with Crippen LogP contribution in [0, 0.1) is 0 Å². The van der Waals surface area contributed by atoms with E-state index >= 15 is 0 Å². The molecular weight excluding hydrogens is 1050 g/mol. The van der Waals surface area contributed by atoms with Crippen LogP contribution in [0.15, 0.2) is 104 Å². The van der Waals surface area contributed by atoms with Crippen LogP contribution in [0.3, 0.4) is 0 Å². The third-order valence-electron chi connectivity index (χ3n) is 12.0. The van der Waals surface area contributed by atoms with Gasteiger partial charge in [0, 0.05) is 6.07 Å². The summed E-state index contributed by atoms with van der Waals surface area (Å²) < 4.78 is 66.3. The van der Waals surface area contributed by atoms with Gasteiger partial charge < -0.3 is 72.2 Å². The number of hydrogen-bond acceptors (Lipinski definition) is 19. The molecule has 80 heavy (non-hydrogen) atoms. The Morgan fingerprint density at radius 1 is 0.438 bits per heavy atom. The number of carbonyl (C=O) groups is 5. The smallest absolute Gasteiger partial charge is 0.870 e. The molecule has 2 fully saturated rings. The minimum atomic E-state index is -0.921. The molecule has 0 saturated heterocycles. The van der Waals surface area contributed by atoms with Gasteiger partial charge in [-0.3, -0.25) is 14.4 Å². The number of benzene rings is 5. The number of methoxy groups -OCH3 is 10. The van der Waals surface area contributed by atoms with Crippen LogP contribution in [-0.4, -0.2) is 131 Å². The fourth-order valence-electron chi connectivity index (χ4n) is 7.86. The standard InChI is InChI=1S/C14H18O4.C13H16O4.C12H14O5.C12H14O4.C8H10O2.Na.H2O/c1-4-18-13(15)14(8-9-14)12-10(16-2)6-5-7-11(12)17-3;1-5-17-13(14)9(2)12-10(15-3)7-6-8-11(12)16-4;1-4-17-12(14)11(13)10-8(15-2)6-5-7-9(10)16-3;1-15-8-4-3-5-9(16-2)10(8)12(6-7-12)11(13)14;1-9-7-4-3-5-8(6-7)10-2;;/h5-7H,4,8-9H2,1-3H3;6-8H,2,5H2,1,3-4H3;5-7H,4H2,1-3H3;3-5H,6-7H2,1-2H3,(H,13,14);3-6H,1-2H3;;1H2/q;;;;;+1;/p-1. The van der Waals surface area contributed by atoms with Crippen molar-refractivity contribution in [2.24, 2.45) is 0 Å². The van der Waals surface area contributed by atoms with Crippen molar-refractivity contribution in [2.75, 3.05) is 90.9 Å². The first-order chi connectivity index (χ1) is 37.5. The maximum Gasteiger partial charge on any atom is 1.00 e. The fourth-order valence-corrected chi connectivity index (χ4v) is 7.86. The van der Waals surface area contributed by atoms with Crippen LogP contribution in [0.4, 0.5) is 0 Å². The number of aliphatic carboxylic acids is 1. The Hall–Kier alpha value is -7.65.